The topological polar surface area (TPSA) is 80.8 Å². The van der Waals surface area contributed by atoms with Crippen molar-refractivity contribution in [2.24, 2.45) is 10.9 Å². The predicted octanol–water partition coefficient (Wildman–Crippen LogP) is 3.43. The van der Waals surface area contributed by atoms with E-state index in [2.05, 4.69) is 17.1 Å². The second-order valence-electron chi connectivity index (χ2n) is 6.69. The van der Waals surface area contributed by atoms with Crippen LogP contribution in [0, 0.1) is 5.92 Å². The highest BCUT2D eigenvalue weighted by Crippen LogP contribution is 2.29. The minimum atomic E-state index is -0.292. The summed E-state index contributed by atoms with van der Waals surface area (Å²) in [4.78, 5) is 32.2. The molecule has 1 aliphatic rings. The highest BCUT2D eigenvalue weighted by Gasteiger charge is 2.26. The van der Waals surface area contributed by atoms with Gasteiger partial charge in [0.2, 0.25) is 0 Å². The van der Waals surface area contributed by atoms with E-state index in [1.54, 1.807) is 13.8 Å². The van der Waals surface area contributed by atoms with E-state index in [4.69, 9.17) is 14.5 Å². The number of aliphatic imine (C=N–C) groups is 1. The van der Waals surface area contributed by atoms with Crippen molar-refractivity contribution in [1.82, 2.24) is 4.98 Å². The Labute approximate surface area is 159 Å². The molecule has 0 amide bonds. The normalized spacial score (nSPS) is 13.4. The summed E-state index contributed by atoms with van der Waals surface area (Å²) in [6.07, 6.45) is 1.79. The lowest BCUT2D eigenvalue weighted by molar-refractivity contribution is -0.146. The van der Waals surface area contributed by atoms with Gasteiger partial charge in [0.05, 0.1) is 24.6 Å². The first-order valence-corrected chi connectivity index (χ1v) is 9.56. The van der Waals surface area contributed by atoms with E-state index in [1.165, 1.54) is 10.9 Å². The molecule has 0 bridgehead atoms. The van der Waals surface area contributed by atoms with Crippen molar-refractivity contribution in [3.8, 4) is 0 Å². The van der Waals surface area contributed by atoms with Crippen molar-refractivity contribution in [2.45, 2.75) is 39.5 Å². The first kappa shape index (κ1) is 19.1. The van der Waals surface area contributed by atoms with Crippen LogP contribution < -0.4 is 0 Å². The molecule has 6 nitrogen and oxygen atoms in total. The summed E-state index contributed by atoms with van der Waals surface area (Å²) in [6, 6.07) is 8.21. The average molecular weight is 370 g/mol. The second kappa shape index (κ2) is 8.84. The number of fused-ring (bicyclic) bond motifs is 3. The minimum absolute atomic E-state index is 0.182. The van der Waals surface area contributed by atoms with E-state index >= 15 is 0 Å². The summed E-state index contributed by atoms with van der Waals surface area (Å²) in [6.45, 7) is 4.94. The number of benzene rings is 1. The van der Waals surface area contributed by atoms with Crippen LogP contribution in [0.1, 0.15) is 44.4 Å². The molecule has 1 N–H and O–H groups in total. The molecule has 0 aliphatic carbocycles. The maximum Gasteiger partial charge on any atom is 0.306 e. The lowest BCUT2D eigenvalue weighted by atomic mass is 9.91. The van der Waals surface area contributed by atoms with Gasteiger partial charge < -0.3 is 14.5 Å². The average Bonchev–Trinajstić information content (AvgIpc) is 3.02. The first-order chi connectivity index (χ1) is 13.1. The van der Waals surface area contributed by atoms with Crippen molar-refractivity contribution >= 4 is 28.6 Å². The van der Waals surface area contributed by atoms with Crippen molar-refractivity contribution in [3.05, 3.63) is 35.5 Å². The van der Waals surface area contributed by atoms with Crippen LogP contribution in [0.4, 0.5) is 0 Å². The van der Waals surface area contributed by atoms with Gasteiger partial charge in [-0.05, 0) is 44.2 Å². The number of aromatic nitrogens is 1. The molecule has 0 unspecified atom stereocenters. The number of ether oxygens (including phenoxy) is 2. The summed E-state index contributed by atoms with van der Waals surface area (Å²) >= 11 is 0. The molecule has 1 aromatic carbocycles. The first-order valence-electron chi connectivity index (χ1n) is 9.56. The summed E-state index contributed by atoms with van der Waals surface area (Å²) < 4.78 is 10.2. The summed E-state index contributed by atoms with van der Waals surface area (Å²) in [5, 5.41) is 1.22. The zero-order valence-corrected chi connectivity index (χ0v) is 15.9. The Kier molecular flexibility index (Phi) is 6.27. The molecule has 1 aliphatic heterocycles. The van der Waals surface area contributed by atoms with E-state index in [9.17, 15) is 9.59 Å². The Balaban J connectivity index is 1.81. The lowest BCUT2D eigenvalue weighted by Gasteiger charge is -2.19. The number of carbonyl (C=O) groups is 2. The van der Waals surface area contributed by atoms with Crippen LogP contribution in [0.3, 0.4) is 0 Å². The monoisotopic (exact) mass is 370 g/mol. The fraction of sp³-hybridized carbons (Fsp3) is 0.476. The highest BCUT2D eigenvalue weighted by molar-refractivity contribution is 6.06. The van der Waals surface area contributed by atoms with Gasteiger partial charge in [-0.25, -0.2) is 0 Å². The number of hydrogen-bond acceptors (Lipinski definition) is 5. The molecule has 27 heavy (non-hydrogen) atoms. The van der Waals surface area contributed by atoms with E-state index in [0.717, 1.165) is 29.9 Å². The number of rotatable bonds is 8. The van der Waals surface area contributed by atoms with E-state index in [-0.39, 0.29) is 30.7 Å². The van der Waals surface area contributed by atoms with Gasteiger partial charge >= 0.3 is 11.9 Å². The number of hydrogen-bond donors (Lipinski definition) is 1. The number of para-hydroxylation sites is 1. The van der Waals surface area contributed by atoms with Crippen molar-refractivity contribution in [2.75, 3.05) is 19.8 Å². The van der Waals surface area contributed by atoms with Gasteiger partial charge in [0.25, 0.3) is 0 Å². The van der Waals surface area contributed by atoms with E-state index in [1.807, 2.05) is 12.1 Å². The number of carbonyl (C=O) groups excluding carboxylic acids is 2. The summed E-state index contributed by atoms with van der Waals surface area (Å²) in [7, 11) is 0. The van der Waals surface area contributed by atoms with Crippen LogP contribution in [-0.2, 0) is 25.5 Å². The fourth-order valence-corrected chi connectivity index (χ4v) is 3.66. The molecule has 0 saturated carbocycles. The Bertz CT molecular complexity index is 833. The number of H-pyrrole nitrogens is 1. The maximum atomic E-state index is 12.0. The van der Waals surface area contributed by atoms with Gasteiger partial charge in [0, 0.05) is 30.3 Å². The van der Waals surface area contributed by atoms with Crippen LogP contribution >= 0.6 is 0 Å². The lowest BCUT2D eigenvalue weighted by Crippen LogP contribution is -2.22. The second-order valence-corrected chi connectivity index (χ2v) is 6.69. The SMILES string of the molecule is CCOC(=O)CC(CC(=O)OCC)CC1=NCCc2c1[nH]c1ccccc21. The molecule has 1 aromatic heterocycles. The largest absolute Gasteiger partial charge is 0.466 e. The molecular formula is C21H26N2O4. The molecule has 0 radical (unpaired) electrons. The Morgan fingerprint density at radius 2 is 1.78 bits per heavy atom. The molecule has 0 fully saturated rings. The zero-order chi connectivity index (χ0) is 19.2. The third-order valence-corrected chi connectivity index (χ3v) is 4.77. The van der Waals surface area contributed by atoms with Crippen LogP contribution in [0.15, 0.2) is 29.3 Å². The van der Waals surface area contributed by atoms with Gasteiger partial charge in [-0.15, -0.1) is 0 Å². The Morgan fingerprint density at radius 1 is 1.11 bits per heavy atom. The molecule has 2 heterocycles. The Hall–Kier alpha value is -2.63. The molecular weight excluding hydrogens is 344 g/mol. The van der Waals surface area contributed by atoms with Gasteiger partial charge in [0.1, 0.15) is 0 Å². The van der Waals surface area contributed by atoms with Crippen LogP contribution in [0.25, 0.3) is 10.9 Å². The quantitative estimate of drug-likeness (QED) is 0.722. The molecule has 2 aromatic rings. The third-order valence-electron chi connectivity index (χ3n) is 4.77. The minimum Gasteiger partial charge on any atom is -0.466 e. The molecule has 6 heteroatoms. The molecule has 144 valence electrons. The number of aromatic amines is 1. The molecule has 3 rings (SSSR count). The van der Waals surface area contributed by atoms with Gasteiger partial charge in [0.15, 0.2) is 0 Å². The Morgan fingerprint density at radius 3 is 2.44 bits per heavy atom. The number of nitrogens with zero attached hydrogens (tertiary/aromatic N) is 1. The van der Waals surface area contributed by atoms with Crippen molar-refractivity contribution in [3.63, 3.8) is 0 Å². The highest BCUT2D eigenvalue weighted by atomic mass is 16.5. The zero-order valence-electron chi connectivity index (χ0n) is 15.9. The third kappa shape index (κ3) is 4.56. The standard InChI is InChI=1S/C21H26N2O4/c1-3-26-19(24)12-14(13-20(25)27-4-2)11-18-21-16(9-10-22-18)15-7-5-6-8-17(15)23-21/h5-8,14,23H,3-4,9-13H2,1-2H3. The van der Waals surface area contributed by atoms with Crippen LogP contribution in [0.2, 0.25) is 0 Å². The van der Waals surface area contributed by atoms with Crippen molar-refractivity contribution < 1.29 is 19.1 Å². The molecule has 0 spiro atoms. The van der Waals surface area contributed by atoms with Crippen molar-refractivity contribution in [1.29, 1.82) is 0 Å². The van der Waals surface area contributed by atoms with Gasteiger partial charge in [-0.3, -0.25) is 14.6 Å². The van der Waals surface area contributed by atoms with E-state index in [0.29, 0.717) is 19.6 Å². The molecule has 0 atom stereocenters. The van der Waals surface area contributed by atoms with Gasteiger partial charge in [-0.1, -0.05) is 18.2 Å². The molecule has 0 saturated heterocycles. The summed E-state index contributed by atoms with van der Waals surface area (Å²) in [5.41, 5.74) is 4.30. The smallest absolute Gasteiger partial charge is 0.306 e. The van der Waals surface area contributed by atoms with Crippen LogP contribution in [0.5, 0.6) is 0 Å². The number of nitrogens with one attached hydrogen (secondary N) is 1. The maximum absolute atomic E-state index is 12.0. The summed E-state index contributed by atoms with van der Waals surface area (Å²) in [5.74, 6) is -0.778. The van der Waals surface area contributed by atoms with E-state index < -0.39 is 0 Å². The number of esters is 2. The van der Waals surface area contributed by atoms with Crippen LogP contribution in [-0.4, -0.2) is 42.4 Å². The fourth-order valence-electron chi connectivity index (χ4n) is 3.66. The van der Waals surface area contributed by atoms with Gasteiger partial charge in [-0.2, -0.15) is 0 Å². The predicted molar refractivity (Wildman–Crippen MR) is 104 cm³/mol.